The molecule has 2 rings (SSSR count). The summed E-state index contributed by atoms with van der Waals surface area (Å²) in [7, 11) is 0. The van der Waals surface area contributed by atoms with Crippen molar-refractivity contribution in [3.05, 3.63) is 17.0 Å². The van der Waals surface area contributed by atoms with Gasteiger partial charge in [-0.1, -0.05) is 6.92 Å². The third kappa shape index (κ3) is 2.19. The van der Waals surface area contributed by atoms with E-state index in [1.165, 1.54) is 11.3 Å². The van der Waals surface area contributed by atoms with E-state index < -0.39 is 0 Å². The van der Waals surface area contributed by atoms with Gasteiger partial charge in [-0.25, -0.2) is 0 Å². The molecule has 0 spiro atoms. The third-order valence-electron chi connectivity index (χ3n) is 3.41. The van der Waals surface area contributed by atoms with Crippen molar-refractivity contribution in [2.45, 2.75) is 19.8 Å². The van der Waals surface area contributed by atoms with E-state index in [0.717, 1.165) is 25.9 Å². The van der Waals surface area contributed by atoms with Crippen LogP contribution >= 0.6 is 11.3 Å². The maximum absolute atomic E-state index is 12.3. The maximum Gasteiger partial charge on any atom is 0.232 e. The van der Waals surface area contributed by atoms with E-state index in [1.54, 1.807) is 6.07 Å². The Labute approximate surface area is 105 Å². The van der Waals surface area contributed by atoms with Gasteiger partial charge >= 0.3 is 0 Å². The standard InChI is InChI=1S/C12H15N3OS/c1-2-12(4-5-14-8-12)11(16)15-10-9(7-13)3-6-17-10/h3,6,14H,2,4-5,8H2,1H3,(H,15,16). The van der Waals surface area contributed by atoms with Crippen LogP contribution in [-0.2, 0) is 4.79 Å². The van der Waals surface area contributed by atoms with Crippen LogP contribution in [0.5, 0.6) is 0 Å². The number of carbonyl (C=O) groups is 1. The van der Waals surface area contributed by atoms with Crippen LogP contribution in [0.25, 0.3) is 0 Å². The summed E-state index contributed by atoms with van der Waals surface area (Å²) < 4.78 is 0. The average Bonchev–Trinajstić information content (AvgIpc) is 2.97. The Balaban J connectivity index is 2.14. The Kier molecular flexibility index (Phi) is 3.46. The number of nitriles is 1. The van der Waals surface area contributed by atoms with Gasteiger partial charge in [-0.2, -0.15) is 5.26 Å². The Morgan fingerprint density at radius 2 is 2.59 bits per heavy atom. The second-order valence-electron chi connectivity index (χ2n) is 4.29. The summed E-state index contributed by atoms with van der Waals surface area (Å²) in [6.07, 6.45) is 1.68. The van der Waals surface area contributed by atoms with Crippen LogP contribution in [0.2, 0.25) is 0 Å². The first-order valence-corrected chi connectivity index (χ1v) is 6.59. The van der Waals surface area contributed by atoms with E-state index in [0.29, 0.717) is 10.6 Å². The molecule has 5 heteroatoms. The molecule has 1 saturated heterocycles. The number of amides is 1. The van der Waals surface area contributed by atoms with E-state index in [9.17, 15) is 4.79 Å². The molecule has 1 amide bonds. The van der Waals surface area contributed by atoms with Crippen LogP contribution in [0.3, 0.4) is 0 Å². The molecule has 0 bridgehead atoms. The van der Waals surface area contributed by atoms with E-state index in [1.807, 2.05) is 12.3 Å². The topological polar surface area (TPSA) is 64.9 Å². The number of anilines is 1. The van der Waals surface area contributed by atoms with Gasteiger partial charge in [0.1, 0.15) is 11.1 Å². The first-order valence-electron chi connectivity index (χ1n) is 5.71. The molecule has 1 fully saturated rings. The molecule has 1 aliphatic rings. The maximum atomic E-state index is 12.3. The van der Waals surface area contributed by atoms with Gasteiger partial charge in [0.05, 0.1) is 11.0 Å². The molecule has 0 aliphatic carbocycles. The number of hydrogen-bond donors (Lipinski definition) is 2. The number of carbonyl (C=O) groups excluding carboxylic acids is 1. The minimum Gasteiger partial charge on any atom is -0.316 e. The van der Waals surface area contributed by atoms with Gasteiger partial charge in [0.2, 0.25) is 5.91 Å². The van der Waals surface area contributed by atoms with Gasteiger partial charge in [0.25, 0.3) is 0 Å². The van der Waals surface area contributed by atoms with Crippen molar-refractivity contribution in [3.63, 3.8) is 0 Å². The second kappa shape index (κ2) is 4.86. The fourth-order valence-electron chi connectivity index (χ4n) is 2.13. The molecule has 1 aromatic heterocycles. The zero-order chi connectivity index (χ0) is 12.3. The van der Waals surface area contributed by atoms with Gasteiger partial charge in [-0.3, -0.25) is 4.79 Å². The summed E-state index contributed by atoms with van der Waals surface area (Å²) in [6.45, 7) is 3.64. The van der Waals surface area contributed by atoms with Crippen LogP contribution < -0.4 is 10.6 Å². The molecule has 1 unspecified atom stereocenters. The lowest BCUT2D eigenvalue weighted by Gasteiger charge is -2.24. The monoisotopic (exact) mass is 249 g/mol. The minimum atomic E-state index is -0.309. The van der Waals surface area contributed by atoms with Crippen LogP contribution in [0.15, 0.2) is 11.4 Å². The molecule has 17 heavy (non-hydrogen) atoms. The Morgan fingerprint density at radius 3 is 3.18 bits per heavy atom. The Bertz CT molecular complexity index is 455. The summed E-state index contributed by atoms with van der Waals surface area (Å²) in [5.74, 6) is 0.0314. The Morgan fingerprint density at radius 1 is 1.76 bits per heavy atom. The molecule has 0 radical (unpaired) electrons. The van der Waals surface area contributed by atoms with Crippen LogP contribution in [0.1, 0.15) is 25.3 Å². The summed E-state index contributed by atoms with van der Waals surface area (Å²) in [6, 6.07) is 3.81. The van der Waals surface area contributed by atoms with Gasteiger partial charge < -0.3 is 10.6 Å². The first-order chi connectivity index (χ1) is 8.22. The van der Waals surface area contributed by atoms with Crippen molar-refractivity contribution in [2.24, 2.45) is 5.41 Å². The van der Waals surface area contributed by atoms with E-state index in [-0.39, 0.29) is 11.3 Å². The molecule has 90 valence electrons. The van der Waals surface area contributed by atoms with Crippen molar-refractivity contribution in [3.8, 4) is 6.07 Å². The fourth-order valence-corrected chi connectivity index (χ4v) is 2.86. The highest BCUT2D eigenvalue weighted by molar-refractivity contribution is 7.14. The third-order valence-corrected chi connectivity index (χ3v) is 4.24. The number of rotatable bonds is 3. The number of nitrogens with zero attached hydrogens (tertiary/aromatic N) is 1. The summed E-state index contributed by atoms with van der Waals surface area (Å²) in [4.78, 5) is 12.3. The van der Waals surface area contributed by atoms with Gasteiger partial charge in [0, 0.05) is 6.54 Å². The Hall–Kier alpha value is -1.38. The largest absolute Gasteiger partial charge is 0.316 e. The van der Waals surface area contributed by atoms with Crippen LogP contribution in [0, 0.1) is 16.7 Å². The lowest BCUT2D eigenvalue weighted by Crippen LogP contribution is -2.37. The lowest BCUT2D eigenvalue weighted by atomic mass is 9.83. The van der Waals surface area contributed by atoms with Gasteiger partial charge in [-0.05, 0) is 30.8 Å². The molecule has 4 nitrogen and oxygen atoms in total. The fraction of sp³-hybridized carbons (Fsp3) is 0.500. The molecule has 2 heterocycles. The number of nitrogens with one attached hydrogen (secondary N) is 2. The molecule has 2 N–H and O–H groups in total. The average molecular weight is 249 g/mol. The first kappa shape index (κ1) is 12.1. The number of hydrogen-bond acceptors (Lipinski definition) is 4. The summed E-state index contributed by atoms with van der Waals surface area (Å²) in [5.41, 5.74) is 0.233. The molecule has 0 saturated carbocycles. The van der Waals surface area contributed by atoms with Crippen LogP contribution in [-0.4, -0.2) is 19.0 Å². The van der Waals surface area contributed by atoms with E-state index in [2.05, 4.69) is 16.7 Å². The summed E-state index contributed by atoms with van der Waals surface area (Å²) in [5, 5.41) is 17.5. The zero-order valence-electron chi connectivity index (χ0n) is 9.75. The summed E-state index contributed by atoms with van der Waals surface area (Å²) >= 11 is 1.40. The van der Waals surface area contributed by atoms with E-state index in [4.69, 9.17) is 5.26 Å². The molecular weight excluding hydrogens is 234 g/mol. The van der Waals surface area contributed by atoms with Crippen molar-refractivity contribution in [1.29, 1.82) is 5.26 Å². The normalized spacial score (nSPS) is 23.3. The van der Waals surface area contributed by atoms with Crippen molar-refractivity contribution < 1.29 is 4.79 Å². The van der Waals surface area contributed by atoms with Crippen LogP contribution in [0.4, 0.5) is 5.00 Å². The molecular formula is C12H15N3OS. The highest BCUT2D eigenvalue weighted by Gasteiger charge is 2.39. The number of thiophene rings is 1. The van der Waals surface area contributed by atoms with Crippen molar-refractivity contribution in [2.75, 3.05) is 18.4 Å². The predicted molar refractivity (Wildman–Crippen MR) is 67.9 cm³/mol. The molecule has 1 aromatic rings. The molecule has 1 atom stereocenters. The highest BCUT2D eigenvalue weighted by Crippen LogP contribution is 2.32. The quantitative estimate of drug-likeness (QED) is 0.860. The smallest absolute Gasteiger partial charge is 0.232 e. The molecule has 0 aromatic carbocycles. The van der Waals surface area contributed by atoms with Gasteiger partial charge in [0.15, 0.2) is 0 Å². The van der Waals surface area contributed by atoms with Crippen molar-refractivity contribution >= 4 is 22.2 Å². The second-order valence-corrected chi connectivity index (χ2v) is 5.21. The van der Waals surface area contributed by atoms with E-state index >= 15 is 0 Å². The van der Waals surface area contributed by atoms with Gasteiger partial charge in [-0.15, -0.1) is 11.3 Å². The van der Waals surface area contributed by atoms with Crippen molar-refractivity contribution in [1.82, 2.24) is 5.32 Å². The SMILES string of the molecule is CCC1(C(=O)Nc2sccc2C#N)CCNC1. The minimum absolute atomic E-state index is 0.0314. The molecule has 1 aliphatic heterocycles. The zero-order valence-corrected chi connectivity index (χ0v) is 10.6. The highest BCUT2D eigenvalue weighted by atomic mass is 32.1. The lowest BCUT2D eigenvalue weighted by molar-refractivity contribution is -0.124. The predicted octanol–water partition coefficient (Wildman–Crippen LogP) is 1.95.